The molecule has 0 aromatic heterocycles. The zero-order valence-electron chi connectivity index (χ0n) is 6.29. The highest BCUT2D eigenvalue weighted by molar-refractivity contribution is 4.79. The van der Waals surface area contributed by atoms with Crippen LogP contribution < -0.4 is 0 Å². The van der Waals surface area contributed by atoms with E-state index in [2.05, 4.69) is 0 Å². The van der Waals surface area contributed by atoms with Gasteiger partial charge >= 0.3 is 0 Å². The molecule has 2 bridgehead atoms. The summed E-state index contributed by atoms with van der Waals surface area (Å²) in [5.41, 5.74) is 0. The third-order valence-electron chi connectivity index (χ3n) is 2.90. The maximum absolute atomic E-state index is 9.30. The lowest BCUT2D eigenvalue weighted by atomic mass is 9.84. The van der Waals surface area contributed by atoms with Crippen LogP contribution in [0, 0.1) is 11.8 Å². The van der Waals surface area contributed by atoms with Gasteiger partial charge in [-0.3, -0.25) is 0 Å². The molecule has 0 unspecified atom stereocenters. The molecule has 58 valence electrons. The summed E-state index contributed by atoms with van der Waals surface area (Å²) in [6, 6.07) is 0. The molecule has 2 aliphatic heterocycles. The first-order valence-corrected chi connectivity index (χ1v) is 4.28. The summed E-state index contributed by atoms with van der Waals surface area (Å²) in [4.78, 5) is 0. The van der Waals surface area contributed by atoms with Crippen LogP contribution in [-0.2, 0) is 0 Å². The van der Waals surface area contributed by atoms with E-state index in [0.717, 1.165) is 24.9 Å². The zero-order valence-corrected chi connectivity index (χ0v) is 6.29. The van der Waals surface area contributed by atoms with Crippen molar-refractivity contribution in [2.24, 2.45) is 11.8 Å². The Labute approximate surface area is 61.8 Å². The molecule has 0 amide bonds. The van der Waals surface area contributed by atoms with E-state index in [0.29, 0.717) is 0 Å². The minimum Gasteiger partial charge on any atom is -0.314 e. The molecule has 0 aromatic carbocycles. The van der Waals surface area contributed by atoms with Crippen LogP contribution in [0.3, 0.4) is 0 Å². The molecule has 0 aromatic rings. The number of hydroxylamine groups is 2. The molecule has 0 radical (unpaired) electrons. The molecule has 1 aliphatic carbocycles. The minimum absolute atomic E-state index is 0.795. The van der Waals surface area contributed by atoms with Gasteiger partial charge in [-0.25, -0.2) is 0 Å². The molecule has 0 atom stereocenters. The van der Waals surface area contributed by atoms with Crippen molar-refractivity contribution in [3.63, 3.8) is 0 Å². The smallest absolute Gasteiger partial charge is 0.0266 e. The molecule has 3 fully saturated rings. The van der Waals surface area contributed by atoms with E-state index in [1.165, 1.54) is 30.7 Å². The van der Waals surface area contributed by atoms with Crippen molar-refractivity contribution in [1.82, 2.24) is 5.06 Å². The van der Waals surface area contributed by atoms with Gasteiger partial charge in [0.15, 0.2) is 0 Å². The summed E-state index contributed by atoms with van der Waals surface area (Å²) < 4.78 is 0. The van der Waals surface area contributed by atoms with E-state index >= 15 is 0 Å². The lowest BCUT2D eigenvalue weighted by Crippen LogP contribution is -2.24. The van der Waals surface area contributed by atoms with Gasteiger partial charge in [-0.15, -0.1) is 0 Å². The van der Waals surface area contributed by atoms with E-state index in [-0.39, 0.29) is 0 Å². The fraction of sp³-hybridized carbons (Fsp3) is 1.00. The Morgan fingerprint density at radius 2 is 1.30 bits per heavy atom. The average Bonchev–Trinajstić information content (AvgIpc) is 2.17. The number of rotatable bonds is 0. The van der Waals surface area contributed by atoms with Crippen molar-refractivity contribution in [2.75, 3.05) is 13.1 Å². The van der Waals surface area contributed by atoms with Crippen LogP contribution >= 0.6 is 0 Å². The molecule has 0 spiro atoms. The normalized spacial score (nSPS) is 41.7. The summed E-state index contributed by atoms with van der Waals surface area (Å²) in [6.45, 7) is 1.85. The molecular weight excluding hydrogens is 126 g/mol. The first-order valence-electron chi connectivity index (χ1n) is 4.28. The Hall–Kier alpha value is -0.0800. The third kappa shape index (κ3) is 1.18. The van der Waals surface area contributed by atoms with E-state index in [1.807, 2.05) is 0 Å². The monoisotopic (exact) mass is 141 g/mol. The SMILES string of the molecule is ON1CC2CCC(CC2)C1. The minimum atomic E-state index is 0.795. The second kappa shape index (κ2) is 2.51. The predicted octanol–water partition coefficient (Wildman–Crippen LogP) is 1.50. The quantitative estimate of drug-likeness (QED) is 0.552. The number of fused-ring (bicyclic) bond motifs is 4. The summed E-state index contributed by atoms with van der Waals surface area (Å²) in [5, 5.41) is 10.8. The molecule has 2 nitrogen and oxygen atoms in total. The summed E-state index contributed by atoms with van der Waals surface area (Å²) in [5.74, 6) is 1.59. The van der Waals surface area contributed by atoms with Gasteiger partial charge < -0.3 is 5.21 Å². The van der Waals surface area contributed by atoms with Gasteiger partial charge in [0, 0.05) is 13.1 Å². The van der Waals surface area contributed by atoms with Crippen LogP contribution in [0.5, 0.6) is 0 Å². The van der Waals surface area contributed by atoms with Gasteiger partial charge in [0.25, 0.3) is 0 Å². The molecular formula is C8H15NO. The lowest BCUT2D eigenvalue weighted by molar-refractivity contribution is -0.0974. The fourth-order valence-electron chi connectivity index (χ4n) is 2.27. The van der Waals surface area contributed by atoms with Crippen LogP contribution in [0.15, 0.2) is 0 Å². The van der Waals surface area contributed by atoms with Gasteiger partial charge in [-0.1, -0.05) is 0 Å². The first-order chi connectivity index (χ1) is 4.84. The van der Waals surface area contributed by atoms with Gasteiger partial charge in [-0.2, -0.15) is 5.06 Å². The highest BCUT2D eigenvalue weighted by Gasteiger charge is 2.28. The maximum atomic E-state index is 9.30. The number of hydrogen-bond donors (Lipinski definition) is 1. The maximum Gasteiger partial charge on any atom is 0.0266 e. The molecule has 10 heavy (non-hydrogen) atoms. The predicted molar refractivity (Wildman–Crippen MR) is 38.8 cm³/mol. The average molecular weight is 141 g/mol. The highest BCUT2D eigenvalue weighted by Crippen LogP contribution is 2.32. The van der Waals surface area contributed by atoms with Crippen molar-refractivity contribution in [2.45, 2.75) is 25.7 Å². The molecule has 2 saturated heterocycles. The molecule has 3 rings (SSSR count). The van der Waals surface area contributed by atoms with Crippen molar-refractivity contribution < 1.29 is 5.21 Å². The molecule has 1 saturated carbocycles. The van der Waals surface area contributed by atoms with Crippen LogP contribution in [0.4, 0.5) is 0 Å². The van der Waals surface area contributed by atoms with Crippen LogP contribution in [0.25, 0.3) is 0 Å². The van der Waals surface area contributed by atoms with Gasteiger partial charge in [-0.05, 0) is 37.5 Å². The van der Waals surface area contributed by atoms with Gasteiger partial charge in [0.2, 0.25) is 0 Å². The number of hydrogen-bond acceptors (Lipinski definition) is 2. The van der Waals surface area contributed by atoms with Crippen molar-refractivity contribution in [3.8, 4) is 0 Å². The number of nitrogens with zero attached hydrogens (tertiary/aromatic N) is 1. The second-order valence-corrected chi connectivity index (χ2v) is 3.76. The zero-order chi connectivity index (χ0) is 6.97. The molecule has 2 heterocycles. The van der Waals surface area contributed by atoms with Crippen molar-refractivity contribution >= 4 is 0 Å². The van der Waals surface area contributed by atoms with E-state index < -0.39 is 0 Å². The topological polar surface area (TPSA) is 23.5 Å². The van der Waals surface area contributed by atoms with Crippen LogP contribution in [0.1, 0.15) is 25.7 Å². The van der Waals surface area contributed by atoms with Crippen LogP contribution in [0.2, 0.25) is 0 Å². The van der Waals surface area contributed by atoms with Crippen molar-refractivity contribution in [1.29, 1.82) is 0 Å². The Morgan fingerprint density at radius 3 is 1.70 bits per heavy atom. The summed E-state index contributed by atoms with van der Waals surface area (Å²) in [6.07, 6.45) is 5.40. The Kier molecular flexibility index (Phi) is 1.66. The van der Waals surface area contributed by atoms with E-state index in [1.54, 1.807) is 0 Å². The Bertz CT molecular complexity index is 104. The fourth-order valence-corrected chi connectivity index (χ4v) is 2.27. The second-order valence-electron chi connectivity index (χ2n) is 3.76. The largest absolute Gasteiger partial charge is 0.314 e. The van der Waals surface area contributed by atoms with Gasteiger partial charge in [0.1, 0.15) is 0 Å². The summed E-state index contributed by atoms with van der Waals surface area (Å²) in [7, 11) is 0. The van der Waals surface area contributed by atoms with Crippen molar-refractivity contribution in [3.05, 3.63) is 0 Å². The van der Waals surface area contributed by atoms with Crippen LogP contribution in [-0.4, -0.2) is 23.4 Å². The van der Waals surface area contributed by atoms with E-state index in [9.17, 15) is 5.21 Å². The third-order valence-corrected chi connectivity index (χ3v) is 2.90. The lowest BCUT2D eigenvalue weighted by Gasteiger charge is -2.20. The molecule has 3 aliphatic rings. The standard InChI is InChI=1S/C8H15NO/c10-9-5-7-1-2-8(6-9)4-3-7/h7-8,10H,1-6H2. The molecule has 1 N–H and O–H groups in total. The first kappa shape index (κ1) is 6.62. The van der Waals surface area contributed by atoms with E-state index in [4.69, 9.17) is 0 Å². The summed E-state index contributed by atoms with van der Waals surface area (Å²) >= 11 is 0. The Balaban J connectivity index is 2.05. The highest BCUT2D eigenvalue weighted by atomic mass is 16.5. The molecule has 2 heteroatoms. The Morgan fingerprint density at radius 1 is 0.900 bits per heavy atom. The van der Waals surface area contributed by atoms with Gasteiger partial charge in [0.05, 0.1) is 0 Å².